The lowest BCUT2D eigenvalue weighted by Gasteiger charge is -2.69. The average Bonchev–Trinajstić information content (AvgIpc) is 2.33. The maximum Gasteiger partial charge on any atom is 0.335 e. The minimum absolute atomic E-state index is 0.268. The van der Waals surface area contributed by atoms with Gasteiger partial charge in [0.05, 0.1) is 5.56 Å². The van der Waals surface area contributed by atoms with Crippen LogP contribution in [-0.4, -0.2) is 11.1 Å². The Hall–Kier alpha value is -1.31. The third-order valence-electron chi connectivity index (χ3n) is 6.60. The highest BCUT2D eigenvalue weighted by atomic mass is 16.4. The van der Waals surface area contributed by atoms with Crippen molar-refractivity contribution in [3.05, 3.63) is 35.4 Å². The normalized spacial score (nSPS) is 46.0. The van der Waals surface area contributed by atoms with Crippen molar-refractivity contribution >= 4 is 5.97 Å². The Morgan fingerprint density at radius 2 is 1.23 bits per heavy atom. The molecule has 0 unspecified atom stereocenters. The van der Waals surface area contributed by atoms with Crippen molar-refractivity contribution in [2.45, 2.75) is 64.7 Å². The highest BCUT2D eigenvalue weighted by Gasteiger charge is 2.64. The van der Waals surface area contributed by atoms with Gasteiger partial charge in [0.1, 0.15) is 0 Å². The van der Waals surface area contributed by atoms with E-state index in [4.69, 9.17) is 5.11 Å². The second-order valence-corrected chi connectivity index (χ2v) is 9.66. The fraction of sp³-hybridized carbons (Fsp3) is 0.650. The first-order valence-corrected chi connectivity index (χ1v) is 8.49. The van der Waals surface area contributed by atoms with Crippen LogP contribution >= 0.6 is 0 Å². The lowest BCUT2D eigenvalue weighted by Crippen LogP contribution is -2.60. The molecule has 4 saturated carbocycles. The zero-order valence-electron chi connectivity index (χ0n) is 13.9. The topological polar surface area (TPSA) is 37.3 Å². The summed E-state index contributed by atoms with van der Waals surface area (Å²) in [4.78, 5) is 11.1. The van der Waals surface area contributed by atoms with Gasteiger partial charge in [-0.15, -0.1) is 0 Å². The van der Waals surface area contributed by atoms with E-state index >= 15 is 0 Å². The number of carbonyl (C=O) groups is 1. The quantitative estimate of drug-likeness (QED) is 0.832. The fourth-order valence-corrected chi connectivity index (χ4v) is 7.56. The molecule has 0 atom stereocenters. The SMILES string of the molecule is CC12CC3(C)CC(C)(C1)CC(c1ccc(C(=O)O)cc1)(C2)C3. The number of carboxylic acids is 1. The van der Waals surface area contributed by atoms with Gasteiger partial charge in [-0.3, -0.25) is 0 Å². The molecule has 0 aliphatic heterocycles. The molecule has 0 radical (unpaired) electrons. The summed E-state index contributed by atoms with van der Waals surface area (Å²) in [5, 5.41) is 9.13. The molecular weight excluding hydrogens is 272 g/mol. The Labute approximate surface area is 132 Å². The summed E-state index contributed by atoms with van der Waals surface area (Å²) >= 11 is 0. The van der Waals surface area contributed by atoms with E-state index in [1.165, 1.54) is 44.1 Å². The molecule has 4 aliphatic carbocycles. The second kappa shape index (κ2) is 3.96. The molecule has 4 bridgehead atoms. The number of benzene rings is 1. The van der Waals surface area contributed by atoms with E-state index in [0.29, 0.717) is 21.8 Å². The standard InChI is InChI=1S/C20H26O2/c1-17-8-18(2)10-19(3,9-17)13-20(11-17,12-18)15-6-4-14(5-7-15)16(21)22/h4-7H,8-13H2,1-3H3,(H,21,22). The first-order chi connectivity index (χ1) is 10.2. The molecule has 0 saturated heterocycles. The van der Waals surface area contributed by atoms with E-state index in [2.05, 4.69) is 32.9 Å². The molecule has 5 rings (SSSR count). The van der Waals surface area contributed by atoms with Crippen molar-refractivity contribution in [3.8, 4) is 0 Å². The van der Waals surface area contributed by atoms with E-state index in [1.807, 2.05) is 0 Å². The summed E-state index contributed by atoms with van der Waals surface area (Å²) in [6.45, 7) is 7.46. The lowest BCUT2D eigenvalue weighted by atomic mass is 9.35. The van der Waals surface area contributed by atoms with Gasteiger partial charge < -0.3 is 5.11 Å². The first kappa shape index (κ1) is 14.3. The van der Waals surface area contributed by atoms with Crippen LogP contribution in [0, 0.1) is 16.2 Å². The zero-order valence-corrected chi connectivity index (χ0v) is 13.9. The van der Waals surface area contributed by atoms with E-state index in [1.54, 1.807) is 12.1 Å². The molecule has 22 heavy (non-hydrogen) atoms. The number of aromatic carboxylic acids is 1. The van der Waals surface area contributed by atoms with Gasteiger partial charge in [0.15, 0.2) is 0 Å². The monoisotopic (exact) mass is 298 g/mol. The molecular formula is C20H26O2. The van der Waals surface area contributed by atoms with Crippen molar-refractivity contribution in [1.82, 2.24) is 0 Å². The Bertz CT molecular complexity index is 589. The van der Waals surface area contributed by atoms with Gasteiger partial charge in [-0.05, 0) is 77.9 Å². The first-order valence-electron chi connectivity index (χ1n) is 8.49. The predicted octanol–water partition coefficient (Wildman–Crippen LogP) is 5.02. The third kappa shape index (κ3) is 1.96. The van der Waals surface area contributed by atoms with Crippen LogP contribution in [0.5, 0.6) is 0 Å². The summed E-state index contributed by atoms with van der Waals surface area (Å²) < 4.78 is 0. The van der Waals surface area contributed by atoms with Gasteiger partial charge in [-0.25, -0.2) is 4.79 Å². The predicted molar refractivity (Wildman–Crippen MR) is 87.1 cm³/mol. The van der Waals surface area contributed by atoms with Crippen molar-refractivity contribution < 1.29 is 9.90 Å². The number of hydrogen-bond acceptors (Lipinski definition) is 1. The van der Waals surface area contributed by atoms with Crippen molar-refractivity contribution in [2.24, 2.45) is 16.2 Å². The highest BCUT2D eigenvalue weighted by molar-refractivity contribution is 5.87. The molecule has 2 heteroatoms. The maximum atomic E-state index is 11.1. The molecule has 1 aromatic rings. The van der Waals surface area contributed by atoms with Crippen molar-refractivity contribution in [3.63, 3.8) is 0 Å². The van der Waals surface area contributed by atoms with Crippen molar-refractivity contribution in [1.29, 1.82) is 0 Å². The summed E-state index contributed by atoms with van der Waals surface area (Å²) in [7, 11) is 0. The van der Waals surface area contributed by atoms with Crippen molar-refractivity contribution in [2.75, 3.05) is 0 Å². The van der Waals surface area contributed by atoms with Crippen LogP contribution in [0.4, 0.5) is 0 Å². The molecule has 2 nitrogen and oxygen atoms in total. The van der Waals surface area contributed by atoms with E-state index in [0.717, 1.165) is 0 Å². The molecule has 1 N–H and O–H groups in total. The van der Waals surface area contributed by atoms with Crippen LogP contribution in [0.2, 0.25) is 0 Å². The fourth-order valence-electron chi connectivity index (χ4n) is 7.56. The molecule has 118 valence electrons. The smallest absolute Gasteiger partial charge is 0.335 e. The molecule has 0 aromatic heterocycles. The minimum atomic E-state index is -0.831. The Morgan fingerprint density at radius 1 is 0.818 bits per heavy atom. The van der Waals surface area contributed by atoms with Gasteiger partial charge in [-0.2, -0.15) is 0 Å². The summed E-state index contributed by atoms with van der Waals surface area (Å²) in [6, 6.07) is 7.77. The summed E-state index contributed by atoms with van der Waals surface area (Å²) in [5.41, 5.74) is 3.43. The second-order valence-electron chi connectivity index (χ2n) is 9.66. The van der Waals surface area contributed by atoms with Gasteiger partial charge in [-0.1, -0.05) is 32.9 Å². The molecule has 1 aromatic carbocycles. The van der Waals surface area contributed by atoms with Crippen LogP contribution in [0.3, 0.4) is 0 Å². The van der Waals surface area contributed by atoms with Crippen LogP contribution in [0.1, 0.15) is 75.2 Å². The zero-order chi connectivity index (χ0) is 15.8. The number of hydrogen-bond donors (Lipinski definition) is 1. The van der Waals surface area contributed by atoms with Crippen LogP contribution in [0.15, 0.2) is 24.3 Å². The Kier molecular flexibility index (Phi) is 2.57. The number of carboxylic acid groups (broad SMARTS) is 1. The maximum absolute atomic E-state index is 11.1. The van der Waals surface area contributed by atoms with Gasteiger partial charge in [0.2, 0.25) is 0 Å². The van der Waals surface area contributed by atoms with Crippen LogP contribution in [0.25, 0.3) is 0 Å². The van der Waals surface area contributed by atoms with E-state index < -0.39 is 5.97 Å². The van der Waals surface area contributed by atoms with Crippen LogP contribution in [-0.2, 0) is 5.41 Å². The summed E-state index contributed by atoms with van der Waals surface area (Å²) in [6.07, 6.45) is 7.92. The Morgan fingerprint density at radius 3 is 1.59 bits per heavy atom. The van der Waals surface area contributed by atoms with Gasteiger partial charge in [0.25, 0.3) is 0 Å². The van der Waals surface area contributed by atoms with Gasteiger partial charge >= 0.3 is 5.97 Å². The average molecular weight is 298 g/mol. The summed E-state index contributed by atoms with van der Waals surface area (Å²) in [5.74, 6) is -0.831. The Balaban J connectivity index is 1.79. The number of rotatable bonds is 2. The van der Waals surface area contributed by atoms with Crippen LogP contribution < -0.4 is 0 Å². The van der Waals surface area contributed by atoms with E-state index in [-0.39, 0.29) is 5.41 Å². The largest absolute Gasteiger partial charge is 0.478 e. The van der Waals surface area contributed by atoms with Gasteiger partial charge in [0, 0.05) is 0 Å². The molecule has 0 spiro atoms. The minimum Gasteiger partial charge on any atom is -0.478 e. The third-order valence-corrected chi connectivity index (χ3v) is 6.60. The lowest BCUT2D eigenvalue weighted by molar-refractivity contribution is -0.152. The molecule has 4 aliphatic rings. The van der Waals surface area contributed by atoms with E-state index in [9.17, 15) is 4.79 Å². The molecule has 0 amide bonds. The highest BCUT2D eigenvalue weighted by Crippen LogP contribution is 2.73. The molecule has 0 heterocycles. The molecule has 4 fully saturated rings.